The maximum Gasteiger partial charge on any atom is 0.522 e. The largest absolute Gasteiger partial charge is 0.522 e. The van der Waals surface area contributed by atoms with E-state index in [-0.39, 0.29) is 0 Å². The van der Waals surface area contributed by atoms with Crippen LogP contribution < -0.4 is 18.3 Å². The van der Waals surface area contributed by atoms with Crippen molar-refractivity contribution in [2.75, 3.05) is 18.3 Å². The zero-order chi connectivity index (χ0) is 53.4. The lowest BCUT2D eigenvalue weighted by molar-refractivity contribution is 1.19. The minimum atomic E-state index is -4.08. The molecule has 1 spiro atoms. The van der Waals surface area contributed by atoms with Crippen molar-refractivity contribution < 1.29 is 0 Å². The van der Waals surface area contributed by atoms with Crippen LogP contribution in [0.15, 0.2) is 315 Å². The molecule has 0 atom stereocenters. The van der Waals surface area contributed by atoms with Crippen LogP contribution in [0.2, 0.25) is 0 Å². The fourth-order valence-electron chi connectivity index (χ4n) is 13.5. The van der Waals surface area contributed by atoms with Gasteiger partial charge in [0.1, 0.15) is 0 Å². The highest BCUT2D eigenvalue weighted by molar-refractivity contribution is 7.00. The SMILES string of the molecule is c1ccc(-c2ccc(N3c4ccccc4N(c4ccc(-c5ccccc5)c5ccccc45)[Si]34N(c3ccc(-c5ccccc5)c5ccccc35)c3ccccc3N4c3ccc(-c4ccccc4)c4ccccc34)c3ccccc23)cc1. The third-order valence-corrected chi connectivity index (χ3v) is 21.2. The average Bonchev–Trinajstić information content (AvgIpc) is 1.76. The third-order valence-electron chi connectivity index (χ3n) is 16.8. The number of hydrogen-bond donors (Lipinski definition) is 0. The molecule has 0 bridgehead atoms. The Bertz CT molecular complexity index is 4130. The first-order chi connectivity index (χ1) is 40.3. The van der Waals surface area contributed by atoms with Crippen LogP contribution in [0.4, 0.5) is 45.5 Å². The van der Waals surface area contributed by atoms with Gasteiger partial charge in [0.15, 0.2) is 0 Å². The molecule has 0 unspecified atom stereocenters. The predicted octanol–water partition coefficient (Wildman–Crippen LogP) is 20.7. The molecule has 2 heterocycles. The van der Waals surface area contributed by atoms with E-state index in [1.807, 2.05) is 0 Å². The molecular weight excluding hydrogens is 997 g/mol. The van der Waals surface area contributed by atoms with E-state index in [9.17, 15) is 0 Å². The number of hydrogen-bond acceptors (Lipinski definition) is 4. The van der Waals surface area contributed by atoms with E-state index < -0.39 is 8.72 Å². The Kier molecular flexibility index (Phi) is 10.9. The summed E-state index contributed by atoms with van der Waals surface area (Å²) in [6.07, 6.45) is 0. The highest BCUT2D eigenvalue weighted by Crippen LogP contribution is 2.65. The molecule has 0 radical (unpaired) electrons. The molecule has 0 aromatic heterocycles. The summed E-state index contributed by atoms with van der Waals surface area (Å²) in [5.74, 6) is 0. The normalized spacial score (nSPS) is 13.4. The Hall–Kier alpha value is -10.5. The molecule has 0 N–H and O–H groups in total. The number of rotatable bonds is 8. The maximum atomic E-state index is 2.82. The second-order valence-corrected chi connectivity index (χ2v) is 24.1. The van der Waals surface area contributed by atoms with Crippen molar-refractivity contribution in [3.05, 3.63) is 315 Å². The average molecular weight is 1050 g/mol. The topological polar surface area (TPSA) is 13.0 Å². The molecule has 0 saturated heterocycles. The lowest BCUT2D eigenvalue weighted by Crippen LogP contribution is -2.76. The summed E-state index contributed by atoms with van der Waals surface area (Å²) in [7, 11) is -4.08. The van der Waals surface area contributed by atoms with Gasteiger partial charge in [-0.15, -0.1) is 0 Å². The number of nitrogens with zero attached hydrogens (tertiary/aromatic N) is 4. The van der Waals surface area contributed by atoms with Crippen LogP contribution in [0.25, 0.3) is 87.6 Å². The molecule has 16 rings (SSSR count). The molecule has 4 nitrogen and oxygen atoms in total. The van der Waals surface area contributed by atoms with Crippen LogP contribution in [0.3, 0.4) is 0 Å². The van der Waals surface area contributed by atoms with E-state index in [1.54, 1.807) is 0 Å². The molecule has 14 aromatic rings. The van der Waals surface area contributed by atoms with Crippen LogP contribution >= 0.6 is 0 Å². The molecule has 0 amide bonds. The molecule has 0 saturated carbocycles. The van der Waals surface area contributed by atoms with Crippen molar-refractivity contribution in [3.8, 4) is 44.5 Å². The smallest absolute Gasteiger partial charge is 0.313 e. The van der Waals surface area contributed by atoms with Gasteiger partial charge in [0.05, 0.1) is 22.7 Å². The Morgan fingerprint density at radius 1 is 0.148 bits per heavy atom. The Labute approximate surface area is 472 Å². The van der Waals surface area contributed by atoms with Crippen molar-refractivity contribution in [3.63, 3.8) is 0 Å². The van der Waals surface area contributed by atoms with Gasteiger partial charge in [-0.05, 0) is 115 Å². The van der Waals surface area contributed by atoms with Crippen LogP contribution in [-0.4, -0.2) is 8.72 Å². The fraction of sp³-hybridized carbons (Fsp3) is 0. The van der Waals surface area contributed by atoms with Gasteiger partial charge in [-0.2, -0.15) is 0 Å². The number of benzene rings is 14. The van der Waals surface area contributed by atoms with E-state index in [0.29, 0.717) is 0 Å². The van der Waals surface area contributed by atoms with Gasteiger partial charge in [-0.25, -0.2) is 0 Å². The van der Waals surface area contributed by atoms with Gasteiger partial charge >= 0.3 is 8.72 Å². The summed E-state index contributed by atoms with van der Waals surface area (Å²) in [5, 5.41) is 9.50. The molecular formula is C76H52N4Si. The van der Waals surface area contributed by atoms with Crippen molar-refractivity contribution in [1.29, 1.82) is 0 Å². The Morgan fingerprint density at radius 2 is 0.333 bits per heavy atom. The van der Waals surface area contributed by atoms with Crippen molar-refractivity contribution in [1.82, 2.24) is 0 Å². The predicted molar refractivity (Wildman–Crippen MR) is 345 cm³/mol. The Morgan fingerprint density at radius 3 is 0.556 bits per heavy atom. The molecule has 380 valence electrons. The first-order valence-corrected chi connectivity index (χ1v) is 29.7. The summed E-state index contributed by atoms with van der Waals surface area (Å²) >= 11 is 0. The summed E-state index contributed by atoms with van der Waals surface area (Å²) in [5.41, 5.74) is 18.6. The minimum Gasteiger partial charge on any atom is -0.313 e. The van der Waals surface area contributed by atoms with Gasteiger partial charge in [-0.3, -0.25) is 0 Å². The molecule has 2 aliphatic rings. The van der Waals surface area contributed by atoms with Crippen molar-refractivity contribution in [2.45, 2.75) is 0 Å². The highest BCUT2D eigenvalue weighted by atomic mass is 28.4. The summed E-state index contributed by atoms with van der Waals surface area (Å²) < 4.78 is 11.3. The van der Waals surface area contributed by atoms with E-state index in [1.165, 1.54) is 87.6 Å². The van der Waals surface area contributed by atoms with Gasteiger partial charge in [0.2, 0.25) is 0 Å². The monoisotopic (exact) mass is 1050 g/mol. The van der Waals surface area contributed by atoms with E-state index in [0.717, 1.165) is 45.5 Å². The summed E-state index contributed by atoms with van der Waals surface area (Å²) in [4.78, 5) is 0. The maximum absolute atomic E-state index is 4.08. The summed E-state index contributed by atoms with van der Waals surface area (Å²) in [6.45, 7) is 0. The van der Waals surface area contributed by atoms with Crippen LogP contribution in [0, 0.1) is 0 Å². The van der Waals surface area contributed by atoms with Gasteiger partial charge in [0.25, 0.3) is 0 Å². The number of para-hydroxylation sites is 4. The number of anilines is 8. The quantitative estimate of drug-likeness (QED) is 0.141. The lowest BCUT2D eigenvalue weighted by Gasteiger charge is -2.50. The van der Waals surface area contributed by atoms with Crippen LogP contribution in [0.5, 0.6) is 0 Å². The molecule has 0 aliphatic carbocycles. The molecule has 5 heteroatoms. The van der Waals surface area contributed by atoms with Crippen molar-refractivity contribution in [2.24, 2.45) is 0 Å². The standard InChI is InChI=1S/C76H52N4Si/c1-5-25-53(26-6-1)57-45-49-69(65-37-17-13-33-61(57)65)77-73-41-21-22-42-74(73)78(70-50-46-58(54-27-7-2-8-28-54)62-34-14-18-38-66(62)70)81(77)79(71-51-47-59(55-29-9-3-10-30-55)63-35-15-19-39-67(63)71)75-43-23-24-44-76(75)80(81)72-52-48-60(56-31-11-4-12-32-56)64-36-16-20-40-68(64)72/h1-52H. The van der Waals surface area contributed by atoms with Crippen LogP contribution in [0.1, 0.15) is 0 Å². The Balaban J connectivity index is 1.10. The van der Waals surface area contributed by atoms with Crippen molar-refractivity contribution >= 4 is 97.3 Å². The van der Waals surface area contributed by atoms with Gasteiger partial charge < -0.3 is 18.3 Å². The highest BCUT2D eigenvalue weighted by Gasteiger charge is 2.70. The van der Waals surface area contributed by atoms with E-state index >= 15 is 0 Å². The van der Waals surface area contributed by atoms with Crippen LogP contribution in [-0.2, 0) is 0 Å². The van der Waals surface area contributed by atoms with Gasteiger partial charge in [0, 0.05) is 44.3 Å². The third kappa shape index (κ3) is 7.09. The first kappa shape index (κ1) is 46.6. The van der Waals surface area contributed by atoms with Gasteiger partial charge in [-0.1, -0.05) is 267 Å². The second-order valence-electron chi connectivity index (χ2n) is 21.1. The molecule has 0 fully saturated rings. The first-order valence-electron chi connectivity index (χ1n) is 27.9. The lowest BCUT2D eigenvalue weighted by atomic mass is 9.97. The zero-order valence-corrected chi connectivity index (χ0v) is 45.3. The molecule has 2 aliphatic heterocycles. The molecule has 14 aromatic carbocycles. The van der Waals surface area contributed by atoms with E-state index in [2.05, 4.69) is 334 Å². The van der Waals surface area contributed by atoms with E-state index in [4.69, 9.17) is 0 Å². The minimum absolute atomic E-state index is 1.13. The number of fused-ring (bicyclic) bond motifs is 6. The second kappa shape index (κ2) is 18.9. The zero-order valence-electron chi connectivity index (χ0n) is 44.3. The summed E-state index contributed by atoms with van der Waals surface area (Å²) in [6, 6.07) is 117. The fourth-order valence-corrected chi connectivity index (χ4v) is 18.8. The molecule has 81 heavy (non-hydrogen) atoms.